The van der Waals surface area contributed by atoms with Crippen LogP contribution in [0, 0.1) is 12.7 Å². The molecule has 0 aliphatic carbocycles. The van der Waals surface area contributed by atoms with Crippen molar-refractivity contribution in [1.82, 2.24) is 15.0 Å². The smallest absolute Gasteiger partial charge is 0.323 e. The van der Waals surface area contributed by atoms with E-state index in [0.717, 1.165) is 0 Å². The van der Waals surface area contributed by atoms with Gasteiger partial charge in [-0.05, 0) is 36.6 Å². The molecule has 8 heteroatoms. The molecule has 7 nitrogen and oxygen atoms in total. The molecule has 3 aromatic rings. The quantitative estimate of drug-likeness (QED) is 0.697. The molecule has 1 amide bonds. The number of carboxylic acid groups (broad SMARTS) is 1. The number of hydrogen-bond donors (Lipinski definition) is 1. The maximum Gasteiger partial charge on any atom is 0.323 e. The van der Waals surface area contributed by atoms with Crippen LogP contribution in [0.25, 0.3) is 11.1 Å². The number of rotatable bonds is 6. The van der Waals surface area contributed by atoms with Crippen LogP contribution in [0.3, 0.4) is 0 Å². The van der Waals surface area contributed by atoms with Crippen LogP contribution < -0.4 is 0 Å². The summed E-state index contributed by atoms with van der Waals surface area (Å²) in [5, 5.41) is 13.6. The van der Waals surface area contributed by atoms with Crippen molar-refractivity contribution >= 4 is 23.0 Å². The Labute approximate surface area is 160 Å². The highest BCUT2D eigenvalue weighted by atomic mass is 19.1. The molecule has 0 bridgehead atoms. The number of carboxylic acids is 1. The summed E-state index contributed by atoms with van der Waals surface area (Å²) in [6.07, 6.45) is 0. The molecule has 0 radical (unpaired) electrons. The summed E-state index contributed by atoms with van der Waals surface area (Å²) in [5.74, 6) is -2.00. The van der Waals surface area contributed by atoms with Gasteiger partial charge in [0.1, 0.15) is 12.4 Å². The number of aliphatic carboxylic acids is 1. The van der Waals surface area contributed by atoms with Gasteiger partial charge in [0.05, 0.1) is 16.6 Å². The number of carbonyl (C=O) groups excluding carboxylic acids is 1. The number of fused-ring (bicyclic) bond motifs is 1. The van der Waals surface area contributed by atoms with Crippen molar-refractivity contribution in [3.63, 3.8) is 0 Å². The Balaban J connectivity index is 2.05. The standard InChI is InChI=1S/C20H20FN3O4/c1-11(2)16-8-15(18-12(3)23-28-19(18)22-16)20(27)24(10-17(25)26)9-13-4-6-14(21)7-5-13/h4-8,11H,9-10H2,1-3H3,(H,25,26). The predicted molar refractivity (Wildman–Crippen MR) is 99.4 cm³/mol. The van der Waals surface area contributed by atoms with Crippen molar-refractivity contribution in [2.24, 2.45) is 0 Å². The summed E-state index contributed by atoms with van der Waals surface area (Å²) >= 11 is 0. The Bertz CT molecular complexity index is 1030. The van der Waals surface area contributed by atoms with Crippen LogP contribution in [0.1, 0.15) is 47.1 Å². The lowest BCUT2D eigenvalue weighted by Gasteiger charge is -2.22. The van der Waals surface area contributed by atoms with E-state index in [4.69, 9.17) is 4.52 Å². The summed E-state index contributed by atoms with van der Waals surface area (Å²) in [5.41, 5.74) is 2.29. The van der Waals surface area contributed by atoms with Gasteiger partial charge in [-0.25, -0.2) is 9.37 Å². The number of amides is 1. The lowest BCUT2D eigenvalue weighted by atomic mass is 10.0. The van der Waals surface area contributed by atoms with E-state index in [2.05, 4.69) is 10.1 Å². The van der Waals surface area contributed by atoms with Gasteiger partial charge >= 0.3 is 5.97 Å². The van der Waals surface area contributed by atoms with E-state index in [0.29, 0.717) is 22.3 Å². The Morgan fingerprint density at radius 1 is 1.25 bits per heavy atom. The van der Waals surface area contributed by atoms with Gasteiger partial charge in [0.25, 0.3) is 11.6 Å². The topological polar surface area (TPSA) is 96.5 Å². The number of nitrogens with zero attached hydrogens (tertiary/aromatic N) is 3. The summed E-state index contributed by atoms with van der Waals surface area (Å²) in [6.45, 7) is 5.08. The summed E-state index contributed by atoms with van der Waals surface area (Å²) in [6, 6.07) is 7.22. The molecule has 3 rings (SSSR count). The molecule has 146 valence electrons. The number of carbonyl (C=O) groups is 2. The molecular formula is C20H20FN3O4. The van der Waals surface area contributed by atoms with Crippen molar-refractivity contribution < 1.29 is 23.6 Å². The molecule has 0 aliphatic rings. The van der Waals surface area contributed by atoms with Gasteiger partial charge in [0.2, 0.25) is 0 Å². The first-order chi connectivity index (χ1) is 13.3. The molecular weight excluding hydrogens is 365 g/mol. The third-order valence-corrected chi connectivity index (χ3v) is 4.36. The summed E-state index contributed by atoms with van der Waals surface area (Å²) in [7, 11) is 0. The minimum Gasteiger partial charge on any atom is -0.480 e. The monoisotopic (exact) mass is 385 g/mol. The van der Waals surface area contributed by atoms with Crippen LogP contribution in [0.4, 0.5) is 4.39 Å². The van der Waals surface area contributed by atoms with Crippen molar-refractivity contribution in [2.75, 3.05) is 6.54 Å². The van der Waals surface area contributed by atoms with Crippen molar-refractivity contribution in [3.05, 3.63) is 58.7 Å². The number of aromatic nitrogens is 2. The Kier molecular flexibility index (Phi) is 5.39. The fourth-order valence-electron chi connectivity index (χ4n) is 2.92. The van der Waals surface area contributed by atoms with Crippen LogP contribution in [0.5, 0.6) is 0 Å². The fourth-order valence-corrected chi connectivity index (χ4v) is 2.92. The van der Waals surface area contributed by atoms with Gasteiger partial charge in [-0.3, -0.25) is 9.59 Å². The molecule has 2 heterocycles. The molecule has 1 aromatic carbocycles. The summed E-state index contributed by atoms with van der Waals surface area (Å²) in [4.78, 5) is 30.2. The first kappa shape index (κ1) is 19.5. The fraction of sp³-hybridized carbons (Fsp3) is 0.300. The first-order valence-corrected chi connectivity index (χ1v) is 8.78. The highest BCUT2D eigenvalue weighted by Crippen LogP contribution is 2.26. The molecule has 2 aromatic heterocycles. The SMILES string of the molecule is Cc1noc2nc(C(C)C)cc(C(=O)N(CC(=O)O)Cc3ccc(F)cc3)c12. The van der Waals surface area contributed by atoms with Crippen LogP contribution in [0.15, 0.2) is 34.9 Å². The normalized spacial score (nSPS) is 11.2. The number of hydrogen-bond acceptors (Lipinski definition) is 5. The van der Waals surface area contributed by atoms with Crippen LogP contribution in [0.2, 0.25) is 0 Å². The maximum atomic E-state index is 13.3. The van der Waals surface area contributed by atoms with E-state index < -0.39 is 24.2 Å². The van der Waals surface area contributed by atoms with E-state index in [9.17, 15) is 19.1 Å². The van der Waals surface area contributed by atoms with Gasteiger partial charge in [-0.2, -0.15) is 0 Å². The van der Waals surface area contributed by atoms with E-state index in [1.165, 1.54) is 29.2 Å². The van der Waals surface area contributed by atoms with Gasteiger partial charge in [-0.1, -0.05) is 31.1 Å². The highest BCUT2D eigenvalue weighted by molar-refractivity contribution is 6.06. The zero-order valence-electron chi connectivity index (χ0n) is 15.8. The highest BCUT2D eigenvalue weighted by Gasteiger charge is 2.25. The third kappa shape index (κ3) is 4.00. The van der Waals surface area contributed by atoms with E-state index in [1.807, 2.05) is 13.8 Å². The Morgan fingerprint density at radius 2 is 1.93 bits per heavy atom. The second-order valence-electron chi connectivity index (χ2n) is 6.88. The van der Waals surface area contributed by atoms with Gasteiger partial charge < -0.3 is 14.5 Å². The van der Waals surface area contributed by atoms with Gasteiger partial charge in [-0.15, -0.1) is 0 Å². The minimum absolute atomic E-state index is 0.0244. The number of benzene rings is 1. The first-order valence-electron chi connectivity index (χ1n) is 8.78. The molecule has 0 saturated carbocycles. The average molecular weight is 385 g/mol. The number of aryl methyl sites for hydroxylation is 1. The second-order valence-corrected chi connectivity index (χ2v) is 6.88. The van der Waals surface area contributed by atoms with E-state index in [1.54, 1.807) is 13.0 Å². The minimum atomic E-state index is -1.15. The average Bonchev–Trinajstić information content (AvgIpc) is 3.02. The second kappa shape index (κ2) is 7.75. The number of halogens is 1. The van der Waals surface area contributed by atoms with E-state index in [-0.39, 0.29) is 23.7 Å². The zero-order chi connectivity index (χ0) is 20.4. The van der Waals surface area contributed by atoms with Crippen LogP contribution in [-0.4, -0.2) is 38.6 Å². The van der Waals surface area contributed by atoms with Crippen LogP contribution in [-0.2, 0) is 11.3 Å². The molecule has 0 aliphatic heterocycles. The number of pyridine rings is 1. The van der Waals surface area contributed by atoms with E-state index >= 15 is 0 Å². The van der Waals surface area contributed by atoms with Crippen molar-refractivity contribution in [3.8, 4) is 0 Å². The van der Waals surface area contributed by atoms with Crippen molar-refractivity contribution in [2.45, 2.75) is 33.2 Å². The largest absolute Gasteiger partial charge is 0.480 e. The predicted octanol–water partition coefficient (Wildman–Crippen LogP) is 3.52. The Morgan fingerprint density at radius 3 is 2.54 bits per heavy atom. The van der Waals surface area contributed by atoms with Crippen LogP contribution >= 0.6 is 0 Å². The molecule has 0 saturated heterocycles. The molecule has 0 spiro atoms. The Hall–Kier alpha value is -3.29. The third-order valence-electron chi connectivity index (χ3n) is 4.36. The maximum absolute atomic E-state index is 13.3. The molecule has 0 fully saturated rings. The zero-order valence-corrected chi connectivity index (χ0v) is 15.8. The van der Waals surface area contributed by atoms with Crippen molar-refractivity contribution in [1.29, 1.82) is 0 Å². The van der Waals surface area contributed by atoms with Gasteiger partial charge in [0.15, 0.2) is 0 Å². The summed E-state index contributed by atoms with van der Waals surface area (Å²) < 4.78 is 18.4. The molecule has 0 unspecified atom stereocenters. The lowest BCUT2D eigenvalue weighted by molar-refractivity contribution is -0.137. The van der Waals surface area contributed by atoms with Gasteiger partial charge in [0, 0.05) is 12.2 Å². The molecule has 28 heavy (non-hydrogen) atoms. The lowest BCUT2D eigenvalue weighted by Crippen LogP contribution is -2.35. The molecule has 0 atom stereocenters. The molecule has 1 N–H and O–H groups in total.